The van der Waals surface area contributed by atoms with Crippen LogP contribution in [0.15, 0.2) is 60.7 Å². The number of H-pyrrole nitrogens is 1. The van der Waals surface area contributed by atoms with Gasteiger partial charge >= 0.3 is 5.13 Å². The first-order valence-electron chi connectivity index (χ1n) is 6.47. The Hall–Kier alpha value is -2.66. The highest BCUT2D eigenvalue weighted by Gasteiger charge is 2.21. The number of aromatic nitrogens is 1. The van der Waals surface area contributed by atoms with Crippen LogP contribution in [-0.4, -0.2) is 5.91 Å². The number of rotatable bonds is 3. The molecule has 0 aliphatic rings. The summed E-state index contributed by atoms with van der Waals surface area (Å²) in [5.74, 6) is -0.169. The van der Waals surface area contributed by atoms with E-state index in [1.165, 1.54) is 11.3 Å². The zero-order valence-electron chi connectivity index (χ0n) is 11.2. The molecule has 3 aromatic rings. The maximum atomic E-state index is 12.4. The number of hydrogen-bond donors (Lipinski definition) is 2. The number of carbonyl (C=O) groups is 1. The number of anilines is 2. The summed E-state index contributed by atoms with van der Waals surface area (Å²) in [7, 11) is 0. The Balaban J connectivity index is 1.94. The van der Waals surface area contributed by atoms with E-state index < -0.39 is 0 Å². The number of para-hydroxylation sites is 1. The molecule has 2 aromatic carbocycles. The number of thiazole rings is 1. The Kier molecular flexibility index (Phi) is 3.66. The van der Waals surface area contributed by atoms with Gasteiger partial charge in [-0.1, -0.05) is 48.5 Å². The van der Waals surface area contributed by atoms with Crippen molar-refractivity contribution in [1.29, 1.82) is 0 Å². The molecule has 1 aromatic heterocycles. The number of benzene rings is 2. The van der Waals surface area contributed by atoms with Gasteiger partial charge in [-0.25, -0.2) is 4.98 Å². The van der Waals surface area contributed by atoms with Gasteiger partial charge in [0.05, 0.1) is 0 Å². The largest absolute Gasteiger partial charge is 0.330 e. The summed E-state index contributed by atoms with van der Waals surface area (Å²) in [5, 5.41) is 3.38. The van der Waals surface area contributed by atoms with Gasteiger partial charge in [-0.05, 0) is 23.5 Å². The average molecular weight is 296 g/mol. The minimum atomic E-state index is -0.169. The van der Waals surface area contributed by atoms with Gasteiger partial charge in [-0.2, -0.15) is 0 Å². The Morgan fingerprint density at radius 2 is 1.62 bits per heavy atom. The summed E-state index contributed by atoms with van der Waals surface area (Å²) in [4.78, 5) is 16.1. The Morgan fingerprint density at radius 1 is 1.00 bits per heavy atom. The normalized spacial score (nSPS) is 10.3. The molecule has 4 N–H and O–H groups in total. The van der Waals surface area contributed by atoms with E-state index in [4.69, 9.17) is 5.73 Å². The van der Waals surface area contributed by atoms with Crippen LogP contribution in [0, 0.1) is 0 Å². The lowest BCUT2D eigenvalue weighted by Gasteiger charge is -2.03. The molecule has 0 bridgehead atoms. The molecule has 1 heterocycles. The van der Waals surface area contributed by atoms with Gasteiger partial charge in [0, 0.05) is 11.3 Å². The topological polar surface area (TPSA) is 69.3 Å². The van der Waals surface area contributed by atoms with Gasteiger partial charge in [0.1, 0.15) is 4.88 Å². The van der Waals surface area contributed by atoms with Crippen LogP contribution in [0.2, 0.25) is 0 Å². The second kappa shape index (κ2) is 5.76. The summed E-state index contributed by atoms with van der Waals surface area (Å²) >= 11 is 1.25. The predicted molar refractivity (Wildman–Crippen MR) is 85.1 cm³/mol. The van der Waals surface area contributed by atoms with Gasteiger partial charge in [0.2, 0.25) is 0 Å². The molecule has 0 spiro atoms. The summed E-state index contributed by atoms with van der Waals surface area (Å²) < 4.78 is 0. The van der Waals surface area contributed by atoms with E-state index >= 15 is 0 Å². The second-order valence-corrected chi connectivity index (χ2v) is 5.53. The molecule has 0 saturated carbocycles. The number of nitrogen functional groups attached to an aromatic ring is 1. The van der Waals surface area contributed by atoms with Gasteiger partial charge in [-0.15, -0.1) is 0 Å². The van der Waals surface area contributed by atoms with Crippen LogP contribution >= 0.6 is 11.3 Å². The molecule has 104 valence electrons. The molecular formula is C16H14N3OS+. The van der Waals surface area contributed by atoms with E-state index in [0.29, 0.717) is 10.0 Å². The summed E-state index contributed by atoms with van der Waals surface area (Å²) in [6, 6.07) is 19.0. The highest BCUT2D eigenvalue weighted by atomic mass is 32.1. The molecule has 0 atom stereocenters. The number of amides is 1. The van der Waals surface area contributed by atoms with E-state index in [0.717, 1.165) is 16.9 Å². The molecule has 0 radical (unpaired) electrons. The standard InChI is InChI=1S/C16H13N3OS/c17-16-19-13(11-7-3-1-4-8-11)14(21-16)15(20)18-12-9-5-2-6-10-12/h1-10H,(H2,17,19)(H,18,20)/p+1. The fraction of sp³-hybridized carbons (Fsp3) is 0. The van der Waals surface area contributed by atoms with Crippen molar-refractivity contribution in [2.75, 3.05) is 11.1 Å². The lowest BCUT2D eigenvalue weighted by atomic mass is 10.1. The van der Waals surface area contributed by atoms with Crippen molar-refractivity contribution >= 4 is 28.1 Å². The van der Waals surface area contributed by atoms with E-state index in [-0.39, 0.29) is 5.91 Å². The summed E-state index contributed by atoms with van der Waals surface area (Å²) in [6.45, 7) is 0. The molecule has 0 unspecified atom stereocenters. The number of hydrogen-bond acceptors (Lipinski definition) is 3. The van der Waals surface area contributed by atoms with Crippen LogP contribution < -0.4 is 16.0 Å². The number of aromatic amines is 1. The van der Waals surface area contributed by atoms with Gasteiger partial charge in [-0.3, -0.25) is 10.5 Å². The molecule has 5 heteroatoms. The first kappa shape index (κ1) is 13.3. The fourth-order valence-electron chi connectivity index (χ4n) is 2.04. The highest BCUT2D eigenvalue weighted by Crippen LogP contribution is 2.26. The lowest BCUT2D eigenvalue weighted by molar-refractivity contribution is -0.340. The minimum Gasteiger partial charge on any atom is -0.321 e. The van der Waals surface area contributed by atoms with Crippen molar-refractivity contribution in [3.63, 3.8) is 0 Å². The quantitative estimate of drug-likeness (QED) is 0.780. The van der Waals surface area contributed by atoms with Crippen LogP contribution in [0.4, 0.5) is 10.8 Å². The van der Waals surface area contributed by atoms with Crippen LogP contribution in [0.5, 0.6) is 0 Å². The molecule has 0 saturated heterocycles. The van der Waals surface area contributed by atoms with Crippen molar-refractivity contribution in [2.45, 2.75) is 0 Å². The molecule has 0 aliphatic heterocycles. The van der Waals surface area contributed by atoms with Crippen LogP contribution in [-0.2, 0) is 0 Å². The van der Waals surface area contributed by atoms with Crippen LogP contribution in [0.1, 0.15) is 9.67 Å². The third kappa shape index (κ3) is 2.93. The maximum absolute atomic E-state index is 12.4. The zero-order chi connectivity index (χ0) is 14.7. The molecule has 21 heavy (non-hydrogen) atoms. The minimum absolute atomic E-state index is 0.169. The van der Waals surface area contributed by atoms with E-state index in [1.807, 2.05) is 60.7 Å². The molecule has 0 aliphatic carbocycles. The smallest absolute Gasteiger partial charge is 0.321 e. The number of nitrogens with two attached hydrogens (primary N) is 1. The monoisotopic (exact) mass is 296 g/mol. The first-order valence-corrected chi connectivity index (χ1v) is 7.29. The molecule has 3 rings (SSSR count). The highest BCUT2D eigenvalue weighted by molar-refractivity contribution is 7.17. The van der Waals surface area contributed by atoms with E-state index in [2.05, 4.69) is 10.3 Å². The van der Waals surface area contributed by atoms with Crippen LogP contribution in [0.25, 0.3) is 11.3 Å². The Labute approximate surface area is 126 Å². The lowest BCUT2D eigenvalue weighted by Crippen LogP contribution is -2.14. The Bertz CT molecular complexity index is 754. The van der Waals surface area contributed by atoms with E-state index in [1.54, 1.807) is 0 Å². The third-order valence-electron chi connectivity index (χ3n) is 2.99. The predicted octanol–water partition coefficient (Wildman–Crippen LogP) is 3.06. The summed E-state index contributed by atoms with van der Waals surface area (Å²) in [5.41, 5.74) is 8.26. The van der Waals surface area contributed by atoms with Crippen molar-refractivity contribution in [2.24, 2.45) is 0 Å². The van der Waals surface area contributed by atoms with Gasteiger partial charge < -0.3 is 5.32 Å². The molecule has 4 nitrogen and oxygen atoms in total. The van der Waals surface area contributed by atoms with Gasteiger partial charge in [0.25, 0.3) is 5.91 Å². The average Bonchev–Trinajstić information content (AvgIpc) is 2.91. The molecule has 1 amide bonds. The molecular weight excluding hydrogens is 282 g/mol. The van der Waals surface area contributed by atoms with Gasteiger partial charge in [0.15, 0.2) is 5.69 Å². The zero-order valence-corrected chi connectivity index (χ0v) is 12.0. The number of carbonyl (C=O) groups excluding carboxylic acids is 1. The van der Waals surface area contributed by atoms with E-state index in [9.17, 15) is 4.79 Å². The fourth-order valence-corrected chi connectivity index (χ4v) is 2.83. The third-order valence-corrected chi connectivity index (χ3v) is 3.90. The maximum Gasteiger partial charge on any atom is 0.330 e. The Morgan fingerprint density at radius 3 is 2.29 bits per heavy atom. The van der Waals surface area contributed by atoms with Crippen LogP contribution in [0.3, 0.4) is 0 Å². The SMILES string of the molecule is Nc1[nH+]c(-c2ccccc2)c(C(=O)Nc2ccccc2)s1. The van der Waals surface area contributed by atoms with Crippen molar-refractivity contribution in [3.05, 3.63) is 65.5 Å². The van der Waals surface area contributed by atoms with Crippen molar-refractivity contribution in [3.8, 4) is 11.3 Å². The van der Waals surface area contributed by atoms with Crippen molar-refractivity contribution in [1.82, 2.24) is 0 Å². The van der Waals surface area contributed by atoms with Crippen molar-refractivity contribution < 1.29 is 9.78 Å². The summed E-state index contributed by atoms with van der Waals surface area (Å²) in [6.07, 6.45) is 0. The molecule has 0 fully saturated rings. The number of nitrogens with one attached hydrogen (secondary N) is 2. The second-order valence-electron chi connectivity index (χ2n) is 4.48. The first-order chi connectivity index (χ1) is 10.2.